The molecular weight excluding hydrogens is 536 g/mol. The normalized spacial score (nSPS) is 42.0. The molecule has 5 fully saturated rings. The number of piperidine rings is 1. The van der Waals surface area contributed by atoms with Crippen LogP contribution in [0.25, 0.3) is 0 Å². The Kier molecular flexibility index (Phi) is 6.66. The number of nitrogens with zero attached hydrogens (tertiary/aromatic N) is 2. The SMILES string of the molecule is CC1(C)O[C@H]2CC(=O)OC[C@]23[C@H]2CC[C@]4(C)C(=CC(=O)O[C@H]4c4ccoc4)[C@]2(C)/C(=N\OCCN2CCCCC2)C[C@@H]13. The zero-order valence-electron chi connectivity index (χ0n) is 25.4. The van der Waals surface area contributed by atoms with E-state index in [2.05, 4.69) is 32.6 Å². The van der Waals surface area contributed by atoms with Gasteiger partial charge in [0.15, 0.2) is 0 Å². The quantitative estimate of drug-likeness (QED) is 0.266. The summed E-state index contributed by atoms with van der Waals surface area (Å²) in [6, 6.07) is 1.89. The van der Waals surface area contributed by atoms with Gasteiger partial charge in [-0.1, -0.05) is 25.4 Å². The number of cyclic esters (lactones) is 2. The van der Waals surface area contributed by atoms with Gasteiger partial charge in [0.25, 0.3) is 0 Å². The smallest absolute Gasteiger partial charge is 0.331 e. The van der Waals surface area contributed by atoms with Crippen molar-refractivity contribution >= 4 is 17.7 Å². The van der Waals surface area contributed by atoms with E-state index < -0.39 is 22.5 Å². The van der Waals surface area contributed by atoms with Gasteiger partial charge < -0.3 is 23.5 Å². The van der Waals surface area contributed by atoms with Crippen LogP contribution in [0.15, 0.2) is 39.8 Å². The maximum atomic E-state index is 13.3. The molecule has 0 unspecified atom stereocenters. The lowest BCUT2D eigenvalue weighted by Gasteiger charge is -2.64. The van der Waals surface area contributed by atoms with E-state index in [1.807, 2.05) is 6.07 Å². The predicted octanol–water partition coefficient (Wildman–Crippen LogP) is 5.22. The van der Waals surface area contributed by atoms with Gasteiger partial charge in [-0.2, -0.15) is 0 Å². The molecule has 0 radical (unpaired) electrons. The minimum absolute atomic E-state index is 0.0447. The minimum atomic E-state index is -0.609. The fourth-order valence-electron chi connectivity index (χ4n) is 9.95. The number of hydrogen-bond donors (Lipinski definition) is 0. The van der Waals surface area contributed by atoms with E-state index in [0.717, 1.165) is 49.3 Å². The molecule has 9 heteroatoms. The number of carbonyl (C=O) groups excluding carboxylic acids is 2. The lowest BCUT2D eigenvalue weighted by Crippen LogP contribution is -2.66. The number of likely N-dealkylation sites (tertiary alicyclic amines) is 1. The maximum Gasteiger partial charge on any atom is 0.331 e. The Balaban J connectivity index is 1.31. The lowest BCUT2D eigenvalue weighted by molar-refractivity contribution is -0.181. The number of furan rings is 1. The third kappa shape index (κ3) is 4.05. The molecule has 42 heavy (non-hydrogen) atoms. The van der Waals surface area contributed by atoms with Crippen molar-refractivity contribution in [3.8, 4) is 0 Å². The second kappa shape index (κ2) is 9.94. The van der Waals surface area contributed by atoms with E-state index >= 15 is 0 Å². The molecule has 7 rings (SSSR count). The molecule has 1 spiro atoms. The third-order valence-corrected chi connectivity index (χ3v) is 11.9. The van der Waals surface area contributed by atoms with Crippen molar-refractivity contribution < 1.29 is 33.1 Å². The molecule has 0 amide bonds. The zero-order chi connectivity index (χ0) is 29.3. The summed E-state index contributed by atoms with van der Waals surface area (Å²) in [4.78, 5) is 34.4. The van der Waals surface area contributed by atoms with Gasteiger partial charge in [-0.25, -0.2) is 4.79 Å². The van der Waals surface area contributed by atoms with Crippen LogP contribution in [0.5, 0.6) is 0 Å². The highest BCUT2D eigenvalue weighted by Gasteiger charge is 2.74. The number of fused-ring (bicyclic) bond motifs is 3. The second-order valence-electron chi connectivity index (χ2n) is 14.4. The summed E-state index contributed by atoms with van der Waals surface area (Å²) in [6.45, 7) is 12.6. The van der Waals surface area contributed by atoms with E-state index in [4.69, 9.17) is 28.6 Å². The van der Waals surface area contributed by atoms with Gasteiger partial charge in [-0.15, -0.1) is 0 Å². The first-order valence-corrected chi connectivity index (χ1v) is 15.8. The van der Waals surface area contributed by atoms with E-state index in [0.29, 0.717) is 19.6 Å². The first-order valence-electron chi connectivity index (χ1n) is 15.8. The Morgan fingerprint density at radius 1 is 1.07 bits per heavy atom. The summed E-state index contributed by atoms with van der Waals surface area (Å²) in [5.41, 5.74) is 0.923. The fraction of sp³-hybridized carbons (Fsp3) is 0.727. The van der Waals surface area contributed by atoms with Crippen molar-refractivity contribution in [2.75, 3.05) is 32.8 Å². The molecule has 6 aliphatic rings. The Morgan fingerprint density at radius 2 is 1.88 bits per heavy atom. The first-order chi connectivity index (χ1) is 20.1. The van der Waals surface area contributed by atoms with Crippen LogP contribution in [0.2, 0.25) is 0 Å². The molecule has 0 bridgehead atoms. The Morgan fingerprint density at radius 3 is 2.64 bits per heavy atom. The van der Waals surface area contributed by atoms with E-state index in [1.165, 1.54) is 19.3 Å². The highest BCUT2D eigenvalue weighted by molar-refractivity contribution is 5.97. The van der Waals surface area contributed by atoms with Crippen molar-refractivity contribution in [2.24, 2.45) is 33.2 Å². The minimum Gasteiger partial charge on any atom is -0.472 e. The monoisotopic (exact) mass is 580 g/mol. The Bertz CT molecular complexity index is 1300. The Hall–Kier alpha value is -2.65. The molecule has 7 atom stereocenters. The average molecular weight is 581 g/mol. The molecule has 0 N–H and O–H groups in total. The van der Waals surface area contributed by atoms with Crippen molar-refractivity contribution in [2.45, 2.75) is 90.4 Å². The van der Waals surface area contributed by atoms with Crippen molar-refractivity contribution in [3.63, 3.8) is 0 Å². The largest absolute Gasteiger partial charge is 0.472 e. The number of hydrogen-bond acceptors (Lipinski definition) is 9. The predicted molar refractivity (Wildman–Crippen MR) is 153 cm³/mol. The highest BCUT2D eigenvalue weighted by Crippen LogP contribution is 2.72. The van der Waals surface area contributed by atoms with Gasteiger partial charge in [0.05, 0.1) is 36.4 Å². The molecule has 3 saturated heterocycles. The number of carbonyl (C=O) groups is 2. The van der Waals surface area contributed by atoms with Crippen LogP contribution >= 0.6 is 0 Å². The average Bonchev–Trinajstić information content (AvgIpc) is 3.56. The van der Waals surface area contributed by atoms with Crippen LogP contribution < -0.4 is 0 Å². The van der Waals surface area contributed by atoms with E-state index in [9.17, 15) is 9.59 Å². The molecule has 5 heterocycles. The highest BCUT2D eigenvalue weighted by atomic mass is 16.6. The van der Waals surface area contributed by atoms with Crippen LogP contribution in [0.3, 0.4) is 0 Å². The molecular formula is C33H44N2O7. The summed E-state index contributed by atoms with van der Waals surface area (Å²) in [5.74, 6) is -0.417. The molecule has 2 aliphatic carbocycles. The van der Waals surface area contributed by atoms with Crippen molar-refractivity contribution in [1.82, 2.24) is 4.90 Å². The first kappa shape index (κ1) is 28.1. The van der Waals surface area contributed by atoms with Gasteiger partial charge in [0.2, 0.25) is 0 Å². The summed E-state index contributed by atoms with van der Waals surface area (Å²) < 4.78 is 24.1. The van der Waals surface area contributed by atoms with Crippen molar-refractivity contribution in [1.29, 1.82) is 0 Å². The molecule has 2 saturated carbocycles. The number of esters is 2. The molecule has 9 nitrogen and oxygen atoms in total. The maximum absolute atomic E-state index is 13.3. The summed E-state index contributed by atoms with van der Waals surface area (Å²) in [7, 11) is 0. The van der Waals surface area contributed by atoms with Crippen LogP contribution in [0, 0.1) is 28.1 Å². The van der Waals surface area contributed by atoms with Gasteiger partial charge >= 0.3 is 11.9 Å². The zero-order valence-corrected chi connectivity index (χ0v) is 25.4. The number of ether oxygens (including phenoxy) is 3. The third-order valence-electron chi connectivity index (χ3n) is 11.9. The molecule has 1 aromatic heterocycles. The van der Waals surface area contributed by atoms with Gasteiger partial charge in [0, 0.05) is 40.3 Å². The topological polar surface area (TPSA) is 99.8 Å². The van der Waals surface area contributed by atoms with Crippen LogP contribution in [0.4, 0.5) is 0 Å². The molecule has 4 aliphatic heterocycles. The van der Waals surface area contributed by atoms with Crippen LogP contribution in [-0.4, -0.2) is 67.1 Å². The summed E-state index contributed by atoms with van der Waals surface area (Å²) >= 11 is 0. The molecule has 0 aromatic carbocycles. The number of oxime groups is 1. The second-order valence-corrected chi connectivity index (χ2v) is 14.4. The van der Waals surface area contributed by atoms with Crippen LogP contribution in [0.1, 0.15) is 84.3 Å². The fourth-order valence-corrected chi connectivity index (χ4v) is 9.95. The van der Waals surface area contributed by atoms with Gasteiger partial charge in [-0.3, -0.25) is 9.69 Å². The van der Waals surface area contributed by atoms with Gasteiger partial charge in [-0.05, 0) is 76.6 Å². The Labute approximate surface area is 247 Å². The number of rotatable bonds is 5. The van der Waals surface area contributed by atoms with E-state index in [-0.39, 0.29) is 41.7 Å². The lowest BCUT2D eigenvalue weighted by atomic mass is 9.39. The van der Waals surface area contributed by atoms with Gasteiger partial charge in [0.1, 0.15) is 19.3 Å². The molecule has 228 valence electrons. The molecule has 1 aromatic rings. The van der Waals surface area contributed by atoms with Crippen LogP contribution in [-0.2, 0) is 28.6 Å². The van der Waals surface area contributed by atoms with Crippen molar-refractivity contribution in [3.05, 3.63) is 35.8 Å². The van der Waals surface area contributed by atoms with E-state index in [1.54, 1.807) is 18.6 Å². The standard InChI is InChI=1S/C33H44N2O7/c1-30(2)23-16-25(34-40-15-13-35-11-6-5-7-12-35)32(4)22(33(23)20-39-27(36)18-26(33)42-30)8-10-31(3)24(32)17-28(37)41-29(31)21-9-14-38-19-21/h9,14,17,19,22-23,26,29H,5-8,10-13,15-16,18,20H2,1-4H3/b34-25-/t22-,23-,26-,29-,31+,32+,33+/m0/s1. The summed E-state index contributed by atoms with van der Waals surface area (Å²) in [6.07, 6.45) is 10.7. The summed E-state index contributed by atoms with van der Waals surface area (Å²) in [5, 5.41) is 4.95.